The Morgan fingerprint density at radius 1 is 1.13 bits per heavy atom. The van der Waals surface area contributed by atoms with Crippen LogP contribution in [0.3, 0.4) is 0 Å². The zero-order chi connectivity index (χ0) is 20.9. The molecule has 1 aromatic carbocycles. The summed E-state index contributed by atoms with van der Waals surface area (Å²) in [6, 6.07) is 8.74. The first kappa shape index (κ1) is 19.1. The number of aromatic nitrogens is 2. The third-order valence-electron chi connectivity index (χ3n) is 5.64. The number of nitrogens with one attached hydrogen (secondary N) is 1. The average Bonchev–Trinajstić information content (AvgIpc) is 3.61. The summed E-state index contributed by atoms with van der Waals surface area (Å²) >= 11 is 0. The van der Waals surface area contributed by atoms with Crippen molar-refractivity contribution in [3.8, 4) is 0 Å². The van der Waals surface area contributed by atoms with E-state index in [0.717, 1.165) is 31.4 Å². The van der Waals surface area contributed by atoms with Crippen LogP contribution in [0.4, 0.5) is 11.4 Å². The molecule has 30 heavy (non-hydrogen) atoms. The van der Waals surface area contributed by atoms with Crippen LogP contribution in [-0.4, -0.2) is 43.0 Å². The zero-order valence-electron chi connectivity index (χ0n) is 16.4. The van der Waals surface area contributed by atoms with Gasteiger partial charge in [0.1, 0.15) is 6.54 Å². The van der Waals surface area contributed by atoms with E-state index in [1.807, 2.05) is 12.1 Å². The zero-order valence-corrected chi connectivity index (χ0v) is 17.2. The highest BCUT2D eigenvalue weighted by Crippen LogP contribution is 2.46. The minimum atomic E-state index is -3.64. The van der Waals surface area contributed by atoms with Gasteiger partial charge in [0.05, 0.1) is 29.9 Å². The fourth-order valence-electron chi connectivity index (χ4n) is 3.81. The van der Waals surface area contributed by atoms with Crippen molar-refractivity contribution in [3.05, 3.63) is 52.7 Å². The first-order valence-corrected chi connectivity index (χ1v) is 11.6. The van der Waals surface area contributed by atoms with Crippen LogP contribution >= 0.6 is 0 Å². The number of anilines is 2. The fraction of sp³-hybridized carbons (Fsp3) is 0.450. The molecule has 2 heterocycles. The number of hydrogen-bond acceptors (Lipinski definition) is 5. The van der Waals surface area contributed by atoms with E-state index in [4.69, 9.17) is 0 Å². The summed E-state index contributed by atoms with van der Waals surface area (Å²) in [6.07, 6.45) is 5.24. The number of nitrogens with zero attached hydrogens (tertiary/aromatic N) is 4. The molecule has 2 aliphatic carbocycles. The number of benzene rings is 1. The van der Waals surface area contributed by atoms with Crippen LogP contribution in [0.1, 0.15) is 37.3 Å². The topological polar surface area (TPSA) is 105 Å². The molecule has 0 radical (unpaired) electrons. The second-order valence-electron chi connectivity index (χ2n) is 8.00. The molecule has 0 bridgehead atoms. The first-order chi connectivity index (χ1) is 14.4. The molecule has 5 rings (SSSR count). The van der Waals surface area contributed by atoms with E-state index in [-0.39, 0.29) is 37.1 Å². The lowest BCUT2D eigenvalue weighted by molar-refractivity contribution is -0.121. The molecular formula is C20H23N5O4S. The van der Waals surface area contributed by atoms with Crippen molar-refractivity contribution in [2.24, 2.45) is 0 Å². The minimum Gasteiger partial charge on any atom is -0.353 e. The number of carbonyl (C=O) groups excluding carboxylic acids is 1. The van der Waals surface area contributed by atoms with E-state index in [0.29, 0.717) is 17.3 Å². The van der Waals surface area contributed by atoms with Crippen molar-refractivity contribution in [3.63, 3.8) is 0 Å². The molecule has 158 valence electrons. The largest absolute Gasteiger partial charge is 0.353 e. The van der Waals surface area contributed by atoms with E-state index in [9.17, 15) is 18.0 Å². The fourth-order valence-corrected chi connectivity index (χ4v) is 5.74. The van der Waals surface area contributed by atoms with Gasteiger partial charge in [-0.1, -0.05) is 12.1 Å². The molecule has 0 unspecified atom stereocenters. The normalized spacial score (nSPS) is 19.6. The van der Waals surface area contributed by atoms with Crippen molar-refractivity contribution in [2.75, 3.05) is 21.7 Å². The second kappa shape index (κ2) is 7.12. The molecule has 0 atom stereocenters. The lowest BCUT2D eigenvalue weighted by Gasteiger charge is -2.21. The minimum absolute atomic E-state index is 0.0220. The Bertz CT molecular complexity index is 1150. The third kappa shape index (κ3) is 3.45. The molecule has 1 amide bonds. The van der Waals surface area contributed by atoms with Gasteiger partial charge in [0, 0.05) is 24.6 Å². The lowest BCUT2D eigenvalue weighted by atomic mass is 10.2. The van der Waals surface area contributed by atoms with Crippen LogP contribution in [0.2, 0.25) is 0 Å². The summed E-state index contributed by atoms with van der Waals surface area (Å²) in [6.45, 7) is 0.129. The summed E-state index contributed by atoms with van der Waals surface area (Å²) in [5.41, 5.74) is 1.86. The van der Waals surface area contributed by atoms with Gasteiger partial charge in [-0.3, -0.25) is 14.2 Å². The molecule has 10 heteroatoms. The molecule has 3 aliphatic rings. The molecule has 9 nitrogen and oxygen atoms in total. The summed E-state index contributed by atoms with van der Waals surface area (Å²) in [7, 11) is -3.64. The van der Waals surface area contributed by atoms with E-state index in [1.165, 1.54) is 25.6 Å². The Hall–Kier alpha value is -2.88. The summed E-state index contributed by atoms with van der Waals surface area (Å²) in [5, 5.41) is 2.71. The Balaban J connectivity index is 1.22. The van der Waals surface area contributed by atoms with E-state index < -0.39 is 10.2 Å². The predicted octanol–water partition coefficient (Wildman–Crippen LogP) is 0.971. The van der Waals surface area contributed by atoms with Gasteiger partial charge in [0.15, 0.2) is 0 Å². The lowest BCUT2D eigenvalue weighted by Crippen LogP contribution is -2.43. The number of hydrogen-bond donors (Lipinski definition) is 1. The molecule has 2 saturated carbocycles. The Morgan fingerprint density at radius 2 is 1.87 bits per heavy atom. The van der Waals surface area contributed by atoms with Gasteiger partial charge < -0.3 is 5.32 Å². The van der Waals surface area contributed by atoms with Gasteiger partial charge in [-0.15, -0.1) is 0 Å². The highest BCUT2D eigenvalue weighted by molar-refractivity contribution is 7.94. The standard InChI is InChI=1S/C20H23N5O4S/c26-19(12-23-13-22-16(11-20(23)27)14-5-6-14)21-9-10-24-17-3-1-2-4-18(17)25(15-7-8-15)30(24,28)29/h1-4,11,13-15H,5-10,12H2,(H,21,26). The maximum absolute atomic E-state index is 13.0. The highest BCUT2D eigenvalue weighted by atomic mass is 32.2. The number of carbonyl (C=O) groups is 1. The van der Waals surface area contributed by atoms with Crippen LogP contribution in [0.5, 0.6) is 0 Å². The molecule has 0 saturated heterocycles. The number of amides is 1. The van der Waals surface area contributed by atoms with E-state index in [2.05, 4.69) is 10.3 Å². The quantitative estimate of drug-likeness (QED) is 0.706. The van der Waals surface area contributed by atoms with Crippen LogP contribution < -0.4 is 19.5 Å². The van der Waals surface area contributed by atoms with Gasteiger partial charge in [0.2, 0.25) is 5.91 Å². The van der Waals surface area contributed by atoms with Crippen molar-refractivity contribution >= 4 is 27.5 Å². The average molecular weight is 430 g/mol. The molecule has 2 fully saturated rings. The Kier molecular flexibility index (Phi) is 4.53. The molecule has 1 N–H and O–H groups in total. The number of rotatable bonds is 7. The number of fused-ring (bicyclic) bond motifs is 1. The molecule has 2 aromatic rings. The van der Waals surface area contributed by atoms with Crippen molar-refractivity contribution in [1.82, 2.24) is 14.9 Å². The third-order valence-corrected chi connectivity index (χ3v) is 7.57. The second-order valence-corrected chi connectivity index (χ2v) is 9.73. The molecular weight excluding hydrogens is 406 g/mol. The first-order valence-electron chi connectivity index (χ1n) is 10.2. The Morgan fingerprint density at radius 3 is 2.53 bits per heavy atom. The van der Waals surface area contributed by atoms with E-state index >= 15 is 0 Å². The van der Waals surface area contributed by atoms with Gasteiger partial charge in [-0.25, -0.2) is 13.6 Å². The smallest absolute Gasteiger partial charge is 0.326 e. The highest BCUT2D eigenvalue weighted by Gasteiger charge is 2.47. The molecule has 1 aromatic heterocycles. The van der Waals surface area contributed by atoms with Crippen molar-refractivity contribution < 1.29 is 13.2 Å². The van der Waals surface area contributed by atoms with Crippen LogP contribution in [0.15, 0.2) is 41.5 Å². The van der Waals surface area contributed by atoms with Gasteiger partial charge in [-0.2, -0.15) is 8.42 Å². The van der Waals surface area contributed by atoms with Gasteiger partial charge in [0.25, 0.3) is 5.56 Å². The van der Waals surface area contributed by atoms with Crippen LogP contribution in [0, 0.1) is 0 Å². The van der Waals surface area contributed by atoms with Gasteiger partial charge in [-0.05, 0) is 37.8 Å². The summed E-state index contributed by atoms with van der Waals surface area (Å²) in [5.74, 6) is 0.0173. The molecule has 1 aliphatic heterocycles. The monoisotopic (exact) mass is 429 g/mol. The summed E-state index contributed by atoms with van der Waals surface area (Å²) in [4.78, 5) is 28.7. The van der Waals surface area contributed by atoms with Gasteiger partial charge >= 0.3 is 10.2 Å². The van der Waals surface area contributed by atoms with Crippen molar-refractivity contribution in [2.45, 2.75) is 44.2 Å². The number of para-hydroxylation sites is 2. The maximum Gasteiger partial charge on any atom is 0.326 e. The van der Waals surface area contributed by atoms with Crippen LogP contribution in [0.25, 0.3) is 0 Å². The molecule has 0 spiro atoms. The summed E-state index contributed by atoms with van der Waals surface area (Å²) < 4.78 is 30.1. The van der Waals surface area contributed by atoms with E-state index in [1.54, 1.807) is 12.1 Å². The van der Waals surface area contributed by atoms with Crippen LogP contribution in [-0.2, 0) is 21.5 Å². The Labute approximate surface area is 174 Å². The van der Waals surface area contributed by atoms with Crippen molar-refractivity contribution in [1.29, 1.82) is 0 Å². The predicted molar refractivity (Wildman–Crippen MR) is 112 cm³/mol. The maximum atomic E-state index is 13.0. The SMILES string of the molecule is O=C(Cn1cnc(C2CC2)cc1=O)NCCN1c2ccccc2N(C2CC2)S1(=O)=O.